The molecule has 96 valence electrons. The van der Waals surface area contributed by atoms with E-state index in [4.69, 9.17) is 23.2 Å². The average Bonchev–Trinajstić information content (AvgIpc) is 2.69. The maximum Gasteiger partial charge on any atom is 0.0650 e. The van der Waals surface area contributed by atoms with Crippen molar-refractivity contribution in [2.24, 2.45) is 7.05 Å². The van der Waals surface area contributed by atoms with Crippen molar-refractivity contribution in [2.45, 2.75) is 18.9 Å². The van der Waals surface area contributed by atoms with Crippen molar-refractivity contribution in [1.29, 1.82) is 0 Å². The van der Waals surface area contributed by atoms with E-state index >= 15 is 0 Å². The predicted octanol–water partition coefficient (Wildman–Crippen LogP) is 2.87. The smallest absolute Gasteiger partial charge is 0.0650 e. The fraction of sp³-hybridized carbons (Fsp3) is 0.308. The zero-order valence-corrected chi connectivity index (χ0v) is 11.5. The molecule has 18 heavy (non-hydrogen) atoms. The maximum atomic E-state index is 10.0. The average molecular weight is 285 g/mol. The molecule has 0 aliphatic rings. The van der Waals surface area contributed by atoms with Gasteiger partial charge in [0.05, 0.1) is 21.8 Å². The molecule has 0 saturated heterocycles. The number of hydrogen-bond donors (Lipinski definition) is 1. The fourth-order valence-electron chi connectivity index (χ4n) is 1.82. The van der Waals surface area contributed by atoms with Gasteiger partial charge in [-0.1, -0.05) is 29.3 Å². The zero-order chi connectivity index (χ0) is 13.1. The Morgan fingerprint density at radius 1 is 1.22 bits per heavy atom. The summed E-state index contributed by atoms with van der Waals surface area (Å²) in [6.07, 6.45) is 2.45. The van der Waals surface area contributed by atoms with Gasteiger partial charge in [-0.2, -0.15) is 5.10 Å². The van der Waals surface area contributed by atoms with Gasteiger partial charge in [0.2, 0.25) is 0 Å². The molecule has 1 N–H and O–H groups in total. The molecule has 3 nitrogen and oxygen atoms in total. The van der Waals surface area contributed by atoms with Crippen molar-refractivity contribution >= 4 is 23.2 Å². The monoisotopic (exact) mass is 284 g/mol. The van der Waals surface area contributed by atoms with Gasteiger partial charge in [0.1, 0.15) is 0 Å². The molecule has 1 aromatic heterocycles. The second-order valence-electron chi connectivity index (χ2n) is 4.29. The first kappa shape index (κ1) is 13.4. The molecule has 1 heterocycles. The molecule has 5 heteroatoms. The molecule has 0 amide bonds. The number of aromatic nitrogens is 2. The van der Waals surface area contributed by atoms with Crippen molar-refractivity contribution in [2.75, 3.05) is 0 Å². The van der Waals surface area contributed by atoms with E-state index < -0.39 is 6.10 Å². The van der Waals surface area contributed by atoms with E-state index in [0.29, 0.717) is 22.9 Å². The maximum absolute atomic E-state index is 10.0. The Bertz CT molecular complexity index is 540. The van der Waals surface area contributed by atoms with Crippen LogP contribution >= 0.6 is 23.2 Å². The Labute approximate surface area is 116 Å². The van der Waals surface area contributed by atoms with Crippen LogP contribution in [0.3, 0.4) is 0 Å². The van der Waals surface area contributed by atoms with Gasteiger partial charge in [-0.05, 0) is 30.2 Å². The minimum absolute atomic E-state index is 0.475. The highest BCUT2D eigenvalue weighted by atomic mass is 35.5. The van der Waals surface area contributed by atoms with Crippen LogP contribution in [0.4, 0.5) is 0 Å². The largest absolute Gasteiger partial charge is 0.392 e. The fourth-order valence-corrected chi connectivity index (χ4v) is 2.14. The van der Waals surface area contributed by atoms with Gasteiger partial charge in [-0.15, -0.1) is 0 Å². The number of nitrogens with zero attached hydrogens (tertiary/aromatic N) is 2. The lowest BCUT2D eigenvalue weighted by Gasteiger charge is -2.09. The second-order valence-corrected chi connectivity index (χ2v) is 5.11. The Balaban J connectivity index is 1.98. The van der Waals surface area contributed by atoms with Gasteiger partial charge >= 0.3 is 0 Å². The summed E-state index contributed by atoms with van der Waals surface area (Å²) in [5.41, 5.74) is 1.85. The quantitative estimate of drug-likeness (QED) is 0.938. The van der Waals surface area contributed by atoms with Gasteiger partial charge in [0.25, 0.3) is 0 Å². The van der Waals surface area contributed by atoms with Gasteiger partial charge < -0.3 is 5.11 Å². The van der Waals surface area contributed by atoms with Crippen molar-refractivity contribution < 1.29 is 5.11 Å². The standard InChI is InChI=1S/C13H14Cl2N2O/c1-17-5-4-10(16-17)8-11(18)6-9-2-3-12(14)13(15)7-9/h2-5,7,11,18H,6,8H2,1H3. The first-order chi connectivity index (χ1) is 8.54. The third kappa shape index (κ3) is 3.48. The van der Waals surface area contributed by atoms with Crippen molar-refractivity contribution in [3.8, 4) is 0 Å². The lowest BCUT2D eigenvalue weighted by atomic mass is 10.0. The first-order valence-corrected chi connectivity index (χ1v) is 6.40. The first-order valence-electron chi connectivity index (χ1n) is 5.65. The van der Waals surface area contributed by atoms with Gasteiger partial charge in [0.15, 0.2) is 0 Å². The van der Waals surface area contributed by atoms with Crippen LogP contribution in [-0.4, -0.2) is 21.0 Å². The molecule has 0 aliphatic carbocycles. The van der Waals surface area contributed by atoms with E-state index in [0.717, 1.165) is 11.3 Å². The number of benzene rings is 1. The van der Waals surface area contributed by atoms with Crippen LogP contribution in [0.2, 0.25) is 10.0 Å². The Hall–Kier alpha value is -1.03. The third-order valence-corrected chi connectivity index (χ3v) is 3.41. The minimum Gasteiger partial charge on any atom is -0.392 e. The summed E-state index contributed by atoms with van der Waals surface area (Å²) in [6, 6.07) is 7.30. The minimum atomic E-state index is -0.475. The molecule has 0 bridgehead atoms. The van der Waals surface area contributed by atoms with E-state index in [2.05, 4.69) is 5.10 Å². The molecule has 0 aliphatic heterocycles. The van der Waals surface area contributed by atoms with E-state index in [1.165, 1.54) is 0 Å². The van der Waals surface area contributed by atoms with E-state index in [-0.39, 0.29) is 0 Å². The van der Waals surface area contributed by atoms with Crippen molar-refractivity contribution in [3.05, 3.63) is 51.8 Å². The molecule has 0 spiro atoms. The van der Waals surface area contributed by atoms with Gasteiger partial charge in [0, 0.05) is 19.7 Å². The summed E-state index contributed by atoms with van der Waals surface area (Å²) >= 11 is 11.8. The number of aliphatic hydroxyl groups is 1. The van der Waals surface area contributed by atoms with E-state index in [1.807, 2.05) is 25.4 Å². The highest BCUT2D eigenvalue weighted by molar-refractivity contribution is 6.42. The van der Waals surface area contributed by atoms with E-state index in [1.54, 1.807) is 16.8 Å². The highest BCUT2D eigenvalue weighted by Gasteiger charge is 2.10. The summed E-state index contributed by atoms with van der Waals surface area (Å²) in [5.74, 6) is 0. The van der Waals surface area contributed by atoms with Crippen molar-refractivity contribution in [3.63, 3.8) is 0 Å². The highest BCUT2D eigenvalue weighted by Crippen LogP contribution is 2.23. The third-order valence-electron chi connectivity index (χ3n) is 2.67. The molecular weight excluding hydrogens is 271 g/mol. The van der Waals surface area contributed by atoms with Gasteiger partial charge in [-0.3, -0.25) is 4.68 Å². The van der Waals surface area contributed by atoms with Crippen LogP contribution in [0.15, 0.2) is 30.5 Å². The molecule has 0 radical (unpaired) electrons. The van der Waals surface area contributed by atoms with Crippen LogP contribution in [0.1, 0.15) is 11.3 Å². The molecule has 2 aromatic rings. The Kier molecular flexibility index (Phi) is 4.27. The lowest BCUT2D eigenvalue weighted by molar-refractivity contribution is 0.174. The second kappa shape index (κ2) is 5.74. The lowest BCUT2D eigenvalue weighted by Crippen LogP contribution is -2.14. The van der Waals surface area contributed by atoms with Crippen LogP contribution in [0.25, 0.3) is 0 Å². The number of hydrogen-bond acceptors (Lipinski definition) is 2. The summed E-state index contributed by atoms with van der Waals surface area (Å²) in [5, 5.41) is 15.3. The summed E-state index contributed by atoms with van der Waals surface area (Å²) < 4.78 is 1.72. The zero-order valence-electron chi connectivity index (χ0n) is 9.98. The van der Waals surface area contributed by atoms with Crippen molar-refractivity contribution in [1.82, 2.24) is 9.78 Å². The molecule has 0 fully saturated rings. The normalized spacial score (nSPS) is 12.7. The van der Waals surface area contributed by atoms with Crippen LogP contribution in [0, 0.1) is 0 Å². The topological polar surface area (TPSA) is 38.0 Å². The summed E-state index contributed by atoms with van der Waals surface area (Å²) in [4.78, 5) is 0. The van der Waals surface area contributed by atoms with Gasteiger partial charge in [-0.25, -0.2) is 0 Å². The number of halogens is 2. The summed E-state index contributed by atoms with van der Waals surface area (Å²) in [7, 11) is 1.86. The Morgan fingerprint density at radius 2 is 2.00 bits per heavy atom. The Morgan fingerprint density at radius 3 is 2.61 bits per heavy atom. The SMILES string of the molecule is Cn1ccc(CC(O)Cc2ccc(Cl)c(Cl)c2)n1. The van der Waals surface area contributed by atoms with E-state index in [9.17, 15) is 5.11 Å². The molecular formula is C13H14Cl2N2O. The number of aliphatic hydroxyl groups excluding tert-OH is 1. The molecule has 1 unspecified atom stereocenters. The van der Waals surface area contributed by atoms with Crippen LogP contribution in [-0.2, 0) is 19.9 Å². The molecule has 1 atom stereocenters. The molecule has 0 saturated carbocycles. The molecule has 1 aromatic carbocycles. The summed E-state index contributed by atoms with van der Waals surface area (Å²) in [6.45, 7) is 0. The van der Waals surface area contributed by atoms with Crippen LogP contribution < -0.4 is 0 Å². The predicted molar refractivity (Wildman–Crippen MR) is 73.1 cm³/mol. The number of rotatable bonds is 4. The number of aryl methyl sites for hydroxylation is 1. The molecule has 2 rings (SSSR count). The van der Waals surface area contributed by atoms with Crippen LogP contribution in [0.5, 0.6) is 0 Å².